The topological polar surface area (TPSA) is 55.8 Å². The van der Waals surface area contributed by atoms with Crippen molar-refractivity contribution >= 4 is 5.97 Å². The summed E-state index contributed by atoms with van der Waals surface area (Å²) in [7, 11) is 1.38. The van der Waals surface area contributed by atoms with E-state index in [1.165, 1.54) is 7.11 Å². The summed E-state index contributed by atoms with van der Waals surface area (Å²) in [5, 5.41) is 9.77. The molecule has 1 aliphatic carbocycles. The number of esters is 1. The van der Waals surface area contributed by atoms with E-state index in [9.17, 15) is 9.90 Å². The van der Waals surface area contributed by atoms with Gasteiger partial charge >= 0.3 is 5.97 Å². The highest BCUT2D eigenvalue weighted by atomic mass is 16.5. The summed E-state index contributed by atoms with van der Waals surface area (Å²) < 4.78 is 10.2. The first-order valence-electron chi connectivity index (χ1n) is 6.22. The minimum absolute atomic E-state index is 0.215. The van der Waals surface area contributed by atoms with Crippen molar-refractivity contribution in [3.05, 3.63) is 29.3 Å². The molecule has 4 nitrogen and oxygen atoms in total. The molecule has 0 fully saturated rings. The maximum absolute atomic E-state index is 10.9. The predicted octanol–water partition coefficient (Wildman–Crippen LogP) is 2.00. The summed E-state index contributed by atoms with van der Waals surface area (Å²) in [5.74, 6) is 0.612. The molecule has 0 bridgehead atoms. The van der Waals surface area contributed by atoms with E-state index >= 15 is 0 Å². The van der Waals surface area contributed by atoms with Crippen LogP contribution in [0.2, 0.25) is 0 Å². The van der Waals surface area contributed by atoms with Crippen LogP contribution in [0.5, 0.6) is 5.75 Å². The van der Waals surface area contributed by atoms with E-state index in [0.717, 1.165) is 29.7 Å². The lowest BCUT2D eigenvalue weighted by molar-refractivity contribution is -0.140. The summed E-state index contributed by atoms with van der Waals surface area (Å²) in [4.78, 5) is 10.9. The van der Waals surface area contributed by atoms with Crippen LogP contribution in [0.3, 0.4) is 0 Å². The number of carbonyl (C=O) groups is 1. The summed E-state index contributed by atoms with van der Waals surface area (Å²) in [5.41, 5.74) is 2.07. The molecule has 1 N–H and O–H groups in total. The number of ether oxygens (including phenoxy) is 2. The highest BCUT2D eigenvalue weighted by molar-refractivity contribution is 5.69. The smallest absolute Gasteiger partial charge is 0.305 e. The van der Waals surface area contributed by atoms with Crippen LogP contribution in [0.25, 0.3) is 0 Å². The largest absolute Gasteiger partial charge is 0.493 e. The molecule has 18 heavy (non-hydrogen) atoms. The van der Waals surface area contributed by atoms with Crippen molar-refractivity contribution in [2.24, 2.45) is 0 Å². The molecule has 0 radical (unpaired) electrons. The number of aliphatic hydroxyl groups is 1. The number of fused-ring (bicyclic) bond motifs is 1. The van der Waals surface area contributed by atoms with Gasteiger partial charge in [-0.3, -0.25) is 4.79 Å². The molecule has 98 valence electrons. The van der Waals surface area contributed by atoms with Gasteiger partial charge in [0.05, 0.1) is 19.8 Å². The van der Waals surface area contributed by atoms with Crippen molar-refractivity contribution in [1.29, 1.82) is 0 Å². The Labute approximate surface area is 107 Å². The number of aliphatic hydroxyl groups excluding tert-OH is 1. The number of hydrogen-bond donors (Lipinski definition) is 1. The average Bonchev–Trinajstić information content (AvgIpc) is 2.77. The molecule has 1 aromatic carbocycles. The van der Waals surface area contributed by atoms with Crippen molar-refractivity contribution in [3.8, 4) is 5.75 Å². The van der Waals surface area contributed by atoms with Gasteiger partial charge in [-0.25, -0.2) is 0 Å². The Kier molecular flexibility index (Phi) is 4.20. The molecule has 2 rings (SSSR count). The van der Waals surface area contributed by atoms with E-state index in [0.29, 0.717) is 19.4 Å². The summed E-state index contributed by atoms with van der Waals surface area (Å²) in [6, 6.07) is 5.74. The highest BCUT2D eigenvalue weighted by Gasteiger charge is 2.22. The van der Waals surface area contributed by atoms with Crippen molar-refractivity contribution in [1.82, 2.24) is 0 Å². The van der Waals surface area contributed by atoms with Crippen LogP contribution in [0.4, 0.5) is 0 Å². The molecular weight excluding hydrogens is 232 g/mol. The zero-order valence-electron chi connectivity index (χ0n) is 10.5. The first-order chi connectivity index (χ1) is 8.72. The van der Waals surface area contributed by atoms with E-state index in [4.69, 9.17) is 4.74 Å². The Morgan fingerprint density at radius 3 is 3.11 bits per heavy atom. The zero-order chi connectivity index (χ0) is 13.0. The molecule has 4 heteroatoms. The minimum atomic E-state index is -0.362. The van der Waals surface area contributed by atoms with E-state index < -0.39 is 0 Å². The van der Waals surface area contributed by atoms with Crippen LogP contribution in [-0.4, -0.2) is 24.8 Å². The second kappa shape index (κ2) is 5.87. The van der Waals surface area contributed by atoms with Gasteiger partial charge in [0.25, 0.3) is 0 Å². The highest BCUT2D eigenvalue weighted by Crippen LogP contribution is 2.36. The predicted molar refractivity (Wildman–Crippen MR) is 66.5 cm³/mol. The minimum Gasteiger partial charge on any atom is -0.493 e. The first-order valence-corrected chi connectivity index (χ1v) is 6.22. The van der Waals surface area contributed by atoms with E-state index in [-0.39, 0.29) is 12.1 Å². The lowest BCUT2D eigenvalue weighted by Crippen LogP contribution is -2.05. The molecule has 0 aliphatic heterocycles. The van der Waals surface area contributed by atoms with Crippen molar-refractivity contribution in [3.63, 3.8) is 0 Å². The normalized spacial score (nSPS) is 17.3. The Morgan fingerprint density at radius 1 is 1.50 bits per heavy atom. The number of carbonyl (C=O) groups excluding carboxylic acids is 1. The first kappa shape index (κ1) is 12.9. The van der Waals surface area contributed by atoms with Crippen LogP contribution >= 0.6 is 0 Å². The monoisotopic (exact) mass is 250 g/mol. The fourth-order valence-electron chi connectivity index (χ4n) is 2.23. The van der Waals surface area contributed by atoms with Gasteiger partial charge in [0.1, 0.15) is 5.75 Å². The molecule has 0 spiro atoms. The summed E-state index contributed by atoms with van der Waals surface area (Å²) in [6.45, 7) is 0.488. The Morgan fingerprint density at radius 2 is 2.33 bits per heavy atom. The second-order valence-electron chi connectivity index (χ2n) is 4.41. The lowest BCUT2D eigenvalue weighted by atomic mass is 10.1. The molecular formula is C14H18O4. The van der Waals surface area contributed by atoms with E-state index in [2.05, 4.69) is 4.74 Å². The van der Waals surface area contributed by atoms with E-state index in [1.54, 1.807) is 0 Å². The molecule has 1 aliphatic rings. The fraction of sp³-hybridized carbons (Fsp3) is 0.500. The second-order valence-corrected chi connectivity index (χ2v) is 4.41. The molecule has 0 saturated carbocycles. The van der Waals surface area contributed by atoms with Gasteiger partial charge in [-0.2, -0.15) is 0 Å². The maximum Gasteiger partial charge on any atom is 0.305 e. The van der Waals surface area contributed by atoms with Crippen LogP contribution in [-0.2, 0) is 16.0 Å². The van der Waals surface area contributed by atoms with Crippen molar-refractivity contribution in [2.75, 3.05) is 13.7 Å². The quantitative estimate of drug-likeness (QED) is 0.641. The zero-order valence-corrected chi connectivity index (χ0v) is 10.5. The number of hydrogen-bond acceptors (Lipinski definition) is 4. The third kappa shape index (κ3) is 2.82. The van der Waals surface area contributed by atoms with Crippen LogP contribution in [0, 0.1) is 0 Å². The molecule has 1 aromatic rings. The molecule has 0 saturated heterocycles. The SMILES string of the molecule is COC(=O)CCCOc1cccc2c1CCC2O. The van der Waals surface area contributed by atoms with Crippen molar-refractivity contribution in [2.45, 2.75) is 31.8 Å². The molecule has 1 atom stereocenters. The fourth-order valence-corrected chi connectivity index (χ4v) is 2.23. The Hall–Kier alpha value is -1.55. The van der Waals surface area contributed by atoms with Crippen LogP contribution in [0.1, 0.15) is 36.5 Å². The van der Waals surface area contributed by atoms with Crippen LogP contribution < -0.4 is 4.74 Å². The molecule has 1 unspecified atom stereocenters. The Balaban J connectivity index is 1.89. The van der Waals surface area contributed by atoms with Gasteiger partial charge in [-0.15, -0.1) is 0 Å². The van der Waals surface area contributed by atoms with Gasteiger partial charge < -0.3 is 14.6 Å². The van der Waals surface area contributed by atoms with Gasteiger partial charge in [0.15, 0.2) is 0 Å². The number of benzene rings is 1. The third-order valence-electron chi connectivity index (χ3n) is 3.21. The number of rotatable bonds is 5. The van der Waals surface area contributed by atoms with E-state index in [1.807, 2.05) is 18.2 Å². The standard InChI is InChI=1S/C14H18O4/c1-17-14(16)6-3-9-18-13-5-2-4-10-11(13)7-8-12(10)15/h2,4-5,12,15H,3,6-9H2,1H3. The molecule has 0 heterocycles. The maximum atomic E-state index is 10.9. The molecule has 0 aromatic heterocycles. The summed E-state index contributed by atoms with van der Waals surface area (Å²) >= 11 is 0. The third-order valence-corrected chi connectivity index (χ3v) is 3.21. The van der Waals surface area contributed by atoms with Gasteiger partial charge in [-0.1, -0.05) is 12.1 Å². The lowest BCUT2D eigenvalue weighted by Gasteiger charge is -2.11. The van der Waals surface area contributed by atoms with Gasteiger partial charge in [0, 0.05) is 12.0 Å². The van der Waals surface area contributed by atoms with Crippen molar-refractivity contribution < 1.29 is 19.4 Å². The molecule has 0 amide bonds. The number of methoxy groups -OCH3 is 1. The summed E-state index contributed by atoms with van der Waals surface area (Å²) in [6.07, 6.45) is 2.26. The van der Waals surface area contributed by atoms with Gasteiger partial charge in [0.2, 0.25) is 0 Å². The van der Waals surface area contributed by atoms with Gasteiger partial charge in [-0.05, 0) is 30.9 Å². The average molecular weight is 250 g/mol. The Bertz CT molecular complexity index is 428. The van der Waals surface area contributed by atoms with Crippen LogP contribution in [0.15, 0.2) is 18.2 Å².